The molecule has 0 unspecified atom stereocenters. The maximum Gasteiger partial charge on any atom is 0.265 e. The quantitative estimate of drug-likeness (QED) is 0.584. The van der Waals surface area contributed by atoms with Crippen molar-refractivity contribution in [1.29, 1.82) is 0 Å². The molecule has 0 radical (unpaired) electrons. The molecule has 0 aliphatic carbocycles. The lowest BCUT2D eigenvalue weighted by Crippen LogP contribution is -2.30. The molecule has 0 spiro atoms. The highest BCUT2D eigenvalue weighted by atomic mass is 16.5. The molecule has 2 aromatic carbocycles. The van der Waals surface area contributed by atoms with Gasteiger partial charge in [0.15, 0.2) is 6.10 Å². The van der Waals surface area contributed by atoms with Crippen molar-refractivity contribution >= 4 is 11.6 Å². The predicted molar refractivity (Wildman–Crippen MR) is 106 cm³/mol. The standard InChI is InChI=1S/C22H29NO3/c1-4-5-6-7-15-25-20-13-11-19(12-14-20)23-22(24)18(3)26-21-10-8-9-17(2)16-21/h8-14,16,18H,4-7,15H2,1-3H3,(H,23,24)/t18-/m1/s1. The van der Waals surface area contributed by atoms with Gasteiger partial charge in [-0.05, 0) is 62.2 Å². The van der Waals surface area contributed by atoms with Crippen LogP contribution in [-0.2, 0) is 4.79 Å². The number of benzene rings is 2. The van der Waals surface area contributed by atoms with Gasteiger partial charge < -0.3 is 14.8 Å². The first-order chi connectivity index (χ1) is 12.6. The van der Waals surface area contributed by atoms with Crippen molar-refractivity contribution in [1.82, 2.24) is 0 Å². The molecule has 0 fully saturated rings. The van der Waals surface area contributed by atoms with Gasteiger partial charge in [-0.2, -0.15) is 0 Å². The second kappa shape index (κ2) is 10.5. The summed E-state index contributed by atoms with van der Waals surface area (Å²) in [5.74, 6) is 1.34. The lowest BCUT2D eigenvalue weighted by Gasteiger charge is -2.15. The maximum atomic E-state index is 12.3. The summed E-state index contributed by atoms with van der Waals surface area (Å²) in [5.41, 5.74) is 1.83. The average molecular weight is 355 g/mol. The van der Waals surface area contributed by atoms with Crippen LogP contribution in [-0.4, -0.2) is 18.6 Å². The first-order valence-electron chi connectivity index (χ1n) is 9.35. The molecule has 1 N–H and O–H groups in total. The number of nitrogens with one attached hydrogen (secondary N) is 1. The summed E-state index contributed by atoms with van der Waals surface area (Å²) in [6.45, 7) is 6.66. The molecule has 2 aromatic rings. The van der Waals surface area contributed by atoms with Gasteiger partial charge in [-0.15, -0.1) is 0 Å². The van der Waals surface area contributed by atoms with Crippen LogP contribution in [0.3, 0.4) is 0 Å². The van der Waals surface area contributed by atoms with E-state index in [-0.39, 0.29) is 5.91 Å². The molecule has 2 rings (SSSR count). The molecule has 0 saturated heterocycles. The van der Waals surface area contributed by atoms with E-state index in [1.54, 1.807) is 6.92 Å². The summed E-state index contributed by atoms with van der Waals surface area (Å²) in [5, 5.41) is 2.87. The molecule has 4 nitrogen and oxygen atoms in total. The Morgan fingerprint density at radius 2 is 1.81 bits per heavy atom. The Morgan fingerprint density at radius 1 is 1.04 bits per heavy atom. The lowest BCUT2D eigenvalue weighted by molar-refractivity contribution is -0.122. The van der Waals surface area contributed by atoms with E-state index in [4.69, 9.17) is 9.47 Å². The minimum absolute atomic E-state index is 0.181. The fraction of sp³-hybridized carbons (Fsp3) is 0.409. The number of amides is 1. The van der Waals surface area contributed by atoms with Gasteiger partial charge in [0.25, 0.3) is 5.91 Å². The van der Waals surface area contributed by atoms with Crippen molar-refractivity contribution in [3.05, 3.63) is 54.1 Å². The number of ether oxygens (including phenoxy) is 2. The van der Waals surface area contributed by atoms with Gasteiger partial charge in [0.05, 0.1) is 6.61 Å². The van der Waals surface area contributed by atoms with Crippen LogP contribution in [0.25, 0.3) is 0 Å². The predicted octanol–water partition coefficient (Wildman–Crippen LogP) is 5.36. The molecule has 4 heteroatoms. The van der Waals surface area contributed by atoms with E-state index in [9.17, 15) is 4.79 Å². The highest BCUT2D eigenvalue weighted by Gasteiger charge is 2.15. The highest BCUT2D eigenvalue weighted by Crippen LogP contribution is 2.18. The molecule has 140 valence electrons. The van der Waals surface area contributed by atoms with Crippen LogP contribution in [0, 0.1) is 6.92 Å². The third kappa shape index (κ3) is 6.79. The maximum absolute atomic E-state index is 12.3. The van der Waals surface area contributed by atoms with Crippen LogP contribution in [0.15, 0.2) is 48.5 Å². The number of aryl methyl sites for hydroxylation is 1. The van der Waals surface area contributed by atoms with Crippen LogP contribution in [0.2, 0.25) is 0 Å². The minimum Gasteiger partial charge on any atom is -0.494 e. The van der Waals surface area contributed by atoms with Gasteiger partial charge in [-0.3, -0.25) is 4.79 Å². The van der Waals surface area contributed by atoms with Crippen molar-refractivity contribution in [3.63, 3.8) is 0 Å². The van der Waals surface area contributed by atoms with Crippen molar-refractivity contribution in [3.8, 4) is 11.5 Å². The Morgan fingerprint density at radius 3 is 2.50 bits per heavy atom. The molecule has 1 amide bonds. The monoisotopic (exact) mass is 355 g/mol. The number of rotatable bonds is 10. The molecule has 0 heterocycles. The van der Waals surface area contributed by atoms with E-state index in [0.29, 0.717) is 5.75 Å². The third-order valence-electron chi connectivity index (χ3n) is 4.06. The third-order valence-corrected chi connectivity index (χ3v) is 4.06. The van der Waals surface area contributed by atoms with Gasteiger partial charge in [0, 0.05) is 5.69 Å². The fourth-order valence-corrected chi connectivity index (χ4v) is 2.54. The zero-order valence-corrected chi connectivity index (χ0v) is 16.0. The molecule has 0 aromatic heterocycles. The first-order valence-corrected chi connectivity index (χ1v) is 9.35. The Labute approximate surface area is 156 Å². The van der Waals surface area contributed by atoms with Crippen molar-refractivity contribution in [2.24, 2.45) is 0 Å². The zero-order chi connectivity index (χ0) is 18.8. The molecule has 0 saturated carbocycles. The molecule has 0 bridgehead atoms. The van der Waals surface area contributed by atoms with Gasteiger partial charge in [-0.1, -0.05) is 38.3 Å². The summed E-state index contributed by atoms with van der Waals surface area (Å²) in [4.78, 5) is 12.3. The fourth-order valence-electron chi connectivity index (χ4n) is 2.54. The van der Waals surface area contributed by atoms with Crippen molar-refractivity contribution in [2.75, 3.05) is 11.9 Å². The van der Waals surface area contributed by atoms with Gasteiger partial charge in [-0.25, -0.2) is 0 Å². The normalized spacial score (nSPS) is 11.7. The van der Waals surface area contributed by atoms with Crippen molar-refractivity contribution < 1.29 is 14.3 Å². The summed E-state index contributed by atoms with van der Waals surface area (Å²) < 4.78 is 11.4. The van der Waals surface area contributed by atoms with Gasteiger partial charge in [0.1, 0.15) is 11.5 Å². The average Bonchev–Trinajstić information content (AvgIpc) is 2.63. The number of carbonyl (C=O) groups excluding carboxylic acids is 1. The van der Waals surface area contributed by atoms with E-state index in [1.807, 2.05) is 55.5 Å². The Balaban J connectivity index is 1.79. The Hall–Kier alpha value is -2.49. The highest BCUT2D eigenvalue weighted by molar-refractivity contribution is 5.94. The van der Waals surface area contributed by atoms with E-state index in [0.717, 1.165) is 30.0 Å². The zero-order valence-electron chi connectivity index (χ0n) is 16.0. The number of anilines is 1. The van der Waals surface area contributed by atoms with Crippen molar-refractivity contribution in [2.45, 2.75) is 52.6 Å². The second-order valence-corrected chi connectivity index (χ2v) is 6.50. The molecule has 26 heavy (non-hydrogen) atoms. The molecule has 0 aliphatic heterocycles. The number of hydrogen-bond donors (Lipinski definition) is 1. The summed E-state index contributed by atoms with van der Waals surface area (Å²) in [6.07, 6.45) is 4.16. The second-order valence-electron chi connectivity index (χ2n) is 6.50. The van der Waals surface area contributed by atoms with E-state index < -0.39 is 6.10 Å². The summed E-state index contributed by atoms with van der Waals surface area (Å²) in [7, 11) is 0. The van der Waals surface area contributed by atoms with Crippen LogP contribution in [0.1, 0.15) is 45.1 Å². The topological polar surface area (TPSA) is 47.6 Å². The summed E-state index contributed by atoms with van der Waals surface area (Å²) in [6, 6.07) is 15.1. The largest absolute Gasteiger partial charge is 0.494 e. The Bertz CT molecular complexity index is 682. The van der Waals surface area contributed by atoms with Crippen LogP contribution in [0.4, 0.5) is 5.69 Å². The lowest BCUT2D eigenvalue weighted by atomic mass is 10.2. The minimum atomic E-state index is -0.578. The smallest absolute Gasteiger partial charge is 0.265 e. The number of carbonyl (C=O) groups is 1. The number of hydrogen-bond acceptors (Lipinski definition) is 3. The van der Waals surface area contributed by atoms with E-state index in [1.165, 1.54) is 19.3 Å². The summed E-state index contributed by atoms with van der Waals surface area (Å²) >= 11 is 0. The van der Waals surface area contributed by atoms with E-state index in [2.05, 4.69) is 12.2 Å². The van der Waals surface area contributed by atoms with E-state index >= 15 is 0 Å². The number of unbranched alkanes of at least 4 members (excludes halogenated alkanes) is 3. The van der Waals surface area contributed by atoms with Gasteiger partial charge in [0.2, 0.25) is 0 Å². The van der Waals surface area contributed by atoms with Crippen LogP contribution in [0.5, 0.6) is 11.5 Å². The van der Waals surface area contributed by atoms with Crippen LogP contribution < -0.4 is 14.8 Å². The van der Waals surface area contributed by atoms with Gasteiger partial charge >= 0.3 is 0 Å². The molecular weight excluding hydrogens is 326 g/mol. The molecular formula is C22H29NO3. The molecule has 1 atom stereocenters. The Kier molecular flexibility index (Phi) is 8.00. The first kappa shape index (κ1) is 19.8. The SMILES string of the molecule is CCCCCCOc1ccc(NC(=O)[C@@H](C)Oc2cccc(C)c2)cc1. The van der Waals surface area contributed by atoms with Crippen LogP contribution >= 0.6 is 0 Å². The molecule has 0 aliphatic rings.